The van der Waals surface area contributed by atoms with E-state index in [9.17, 15) is 0 Å². The fourth-order valence-corrected chi connectivity index (χ4v) is 1.99. The number of benzene rings is 1. The molecule has 0 unspecified atom stereocenters. The summed E-state index contributed by atoms with van der Waals surface area (Å²) in [6.07, 6.45) is 0. The number of rotatable bonds is 4. The SMILES string of the molecule is CCSc1ccc(Cl)cc1N=C(N)CCl. The molecular formula is C10H12Cl2N2S. The molecule has 0 radical (unpaired) electrons. The molecule has 0 saturated carbocycles. The average Bonchev–Trinajstić information content (AvgIpc) is 2.22. The summed E-state index contributed by atoms with van der Waals surface area (Å²) in [6.45, 7) is 2.08. The van der Waals surface area contributed by atoms with Gasteiger partial charge in [-0.15, -0.1) is 23.4 Å². The molecule has 2 nitrogen and oxygen atoms in total. The minimum absolute atomic E-state index is 0.225. The van der Waals surface area contributed by atoms with Crippen molar-refractivity contribution in [3.05, 3.63) is 23.2 Å². The number of thioether (sulfide) groups is 1. The zero-order valence-electron chi connectivity index (χ0n) is 8.34. The highest BCUT2D eigenvalue weighted by molar-refractivity contribution is 7.99. The molecule has 1 aromatic carbocycles. The predicted molar refractivity (Wildman–Crippen MR) is 69.9 cm³/mol. The van der Waals surface area contributed by atoms with Crippen molar-refractivity contribution < 1.29 is 0 Å². The molecule has 0 bridgehead atoms. The summed E-state index contributed by atoms with van der Waals surface area (Å²) in [5, 5.41) is 0.650. The van der Waals surface area contributed by atoms with E-state index in [1.165, 1.54) is 0 Å². The second kappa shape index (κ2) is 6.26. The molecule has 0 heterocycles. The molecular weight excluding hydrogens is 251 g/mol. The van der Waals surface area contributed by atoms with E-state index in [2.05, 4.69) is 11.9 Å². The number of halogens is 2. The highest BCUT2D eigenvalue weighted by Gasteiger charge is 2.03. The Kier molecular flexibility index (Phi) is 5.29. The molecule has 15 heavy (non-hydrogen) atoms. The number of hydrogen-bond acceptors (Lipinski definition) is 2. The quantitative estimate of drug-likeness (QED) is 0.389. The van der Waals surface area contributed by atoms with Crippen molar-refractivity contribution >= 4 is 46.5 Å². The van der Waals surface area contributed by atoms with Gasteiger partial charge >= 0.3 is 0 Å². The molecule has 2 N–H and O–H groups in total. The van der Waals surface area contributed by atoms with Gasteiger partial charge in [-0.2, -0.15) is 0 Å². The Morgan fingerprint density at radius 3 is 2.87 bits per heavy atom. The molecule has 1 aromatic rings. The maximum atomic E-state index is 5.89. The van der Waals surface area contributed by atoms with E-state index in [4.69, 9.17) is 28.9 Å². The summed E-state index contributed by atoms with van der Waals surface area (Å²) in [5.74, 6) is 1.60. The molecule has 0 atom stereocenters. The van der Waals surface area contributed by atoms with Crippen molar-refractivity contribution in [3.63, 3.8) is 0 Å². The van der Waals surface area contributed by atoms with Gasteiger partial charge in [0.15, 0.2) is 0 Å². The number of aliphatic imine (C=N–C) groups is 1. The van der Waals surface area contributed by atoms with Gasteiger partial charge in [-0.1, -0.05) is 18.5 Å². The lowest BCUT2D eigenvalue weighted by molar-refractivity contribution is 1.34. The number of nitrogens with two attached hydrogens (primary N) is 1. The van der Waals surface area contributed by atoms with Crippen molar-refractivity contribution in [1.82, 2.24) is 0 Å². The highest BCUT2D eigenvalue weighted by Crippen LogP contribution is 2.31. The summed E-state index contributed by atoms with van der Waals surface area (Å²) >= 11 is 13.2. The highest BCUT2D eigenvalue weighted by atomic mass is 35.5. The van der Waals surface area contributed by atoms with E-state index in [1.807, 2.05) is 12.1 Å². The minimum Gasteiger partial charge on any atom is -0.386 e. The number of alkyl halides is 1. The Morgan fingerprint density at radius 2 is 2.27 bits per heavy atom. The molecule has 0 fully saturated rings. The smallest absolute Gasteiger partial charge is 0.115 e. The van der Waals surface area contributed by atoms with Gasteiger partial charge in [0.05, 0.1) is 11.6 Å². The predicted octanol–water partition coefficient (Wildman–Crippen LogP) is 3.68. The molecule has 0 spiro atoms. The fourth-order valence-electron chi connectivity index (χ4n) is 1.04. The molecule has 0 aromatic heterocycles. The lowest BCUT2D eigenvalue weighted by Gasteiger charge is -2.05. The summed E-state index contributed by atoms with van der Waals surface area (Å²) in [6, 6.07) is 5.57. The van der Waals surface area contributed by atoms with Gasteiger partial charge in [0.2, 0.25) is 0 Å². The van der Waals surface area contributed by atoms with Crippen LogP contribution in [0.15, 0.2) is 28.1 Å². The first-order valence-electron chi connectivity index (χ1n) is 4.48. The molecule has 0 aliphatic rings. The molecule has 1 rings (SSSR count). The van der Waals surface area contributed by atoms with Crippen molar-refractivity contribution in [2.75, 3.05) is 11.6 Å². The van der Waals surface area contributed by atoms with Crippen LogP contribution in [-0.4, -0.2) is 17.5 Å². The number of hydrogen-bond donors (Lipinski definition) is 1. The van der Waals surface area contributed by atoms with Crippen LogP contribution in [0.5, 0.6) is 0 Å². The molecule has 5 heteroatoms. The van der Waals surface area contributed by atoms with Crippen molar-refractivity contribution in [3.8, 4) is 0 Å². The molecule has 0 saturated heterocycles. The van der Waals surface area contributed by atoms with Crippen molar-refractivity contribution in [2.45, 2.75) is 11.8 Å². The van der Waals surface area contributed by atoms with Gasteiger partial charge < -0.3 is 5.73 Å². The Balaban J connectivity index is 3.06. The second-order valence-corrected chi connectivity index (χ2v) is 4.79. The first-order valence-corrected chi connectivity index (χ1v) is 6.38. The van der Waals surface area contributed by atoms with Gasteiger partial charge in [-0.25, -0.2) is 4.99 Å². The van der Waals surface area contributed by atoms with E-state index < -0.39 is 0 Å². The second-order valence-electron chi connectivity index (χ2n) is 2.78. The maximum Gasteiger partial charge on any atom is 0.115 e. The monoisotopic (exact) mass is 262 g/mol. The Morgan fingerprint density at radius 1 is 1.53 bits per heavy atom. The van der Waals surface area contributed by atoms with Crippen LogP contribution in [0.4, 0.5) is 5.69 Å². The van der Waals surface area contributed by atoms with Gasteiger partial charge in [0.25, 0.3) is 0 Å². The zero-order valence-corrected chi connectivity index (χ0v) is 10.7. The summed E-state index contributed by atoms with van der Waals surface area (Å²) in [7, 11) is 0. The molecule has 0 amide bonds. The van der Waals surface area contributed by atoms with E-state index in [0.29, 0.717) is 10.9 Å². The lowest BCUT2D eigenvalue weighted by Crippen LogP contribution is -2.12. The third-order valence-corrected chi connectivity index (χ3v) is 3.08. The fraction of sp³-hybridized carbons (Fsp3) is 0.300. The van der Waals surface area contributed by atoms with Crippen LogP contribution in [-0.2, 0) is 0 Å². The third kappa shape index (κ3) is 3.93. The first kappa shape index (κ1) is 12.7. The first-order chi connectivity index (χ1) is 7.17. The average molecular weight is 263 g/mol. The van der Waals surface area contributed by atoms with E-state index in [-0.39, 0.29) is 5.88 Å². The van der Waals surface area contributed by atoms with Gasteiger partial charge in [0.1, 0.15) is 5.84 Å². The van der Waals surface area contributed by atoms with E-state index in [1.54, 1.807) is 17.8 Å². The van der Waals surface area contributed by atoms with Crippen LogP contribution < -0.4 is 5.73 Å². The number of amidine groups is 1. The van der Waals surface area contributed by atoms with Crippen LogP contribution in [0.2, 0.25) is 5.02 Å². The van der Waals surface area contributed by atoms with Crippen molar-refractivity contribution in [1.29, 1.82) is 0 Å². The molecule has 82 valence electrons. The summed E-state index contributed by atoms with van der Waals surface area (Å²) < 4.78 is 0. The van der Waals surface area contributed by atoms with Crippen LogP contribution in [0.25, 0.3) is 0 Å². The van der Waals surface area contributed by atoms with Crippen LogP contribution >= 0.6 is 35.0 Å². The van der Waals surface area contributed by atoms with Crippen LogP contribution in [0.3, 0.4) is 0 Å². The molecule has 0 aliphatic carbocycles. The van der Waals surface area contributed by atoms with Gasteiger partial charge in [0, 0.05) is 9.92 Å². The lowest BCUT2D eigenvalue weighted by atomic mass is 10.3. The van der Waals surface area contributed by atoms with Gasteiger partial charge in [-0.3, -0.25) is 0 Å². The van der Waals surface area contributed by atoms with Gasteiger partial charge in [-0.05, 0) is 24.0 Å². The number of nitrogens with zero attached hydrogens (tertiary/aromatic N) is 1. The van der Waals surface area contributed by atoms with E-state index >= 15 is 0 Å². The normalized spacial score (nSPS) is 11.8. The summed E-state index contributed by atoms with van der Waals surface area (Å²) in [5.41, 5.74) is 6.37. The van der Waals surface area contributed by atoms with Crippen LogP contribution in [0.1, 0.15) is 6.92 Å². The largest absolute Gasteiger partial charge is 0.386 e. The Labute approximate surface area is 104 Å². The minimum atomic E-state index is 0.225. The Bertz CT molecular complexity index is 366. The topological polar surface area (TPSA) is 38.4 Å². The summed E-state index contributed by atoms with van der Waals surface area (Å²) in [4.78, 5) is 5.28. The van der Waals surface area contributed by atoms with Crippen molar-refractivity contribution in [2.24, 2.45) is 10.7 Å². The zero-order chi connectivity index (χ0) is 11.3. The van der Waals surface area contributed by atoms with E-state index in [0.717, 1.165) is 16.3 Å². The Hall–Kier alpha value is -0.380. The standard InChI is InChI=1S/C10H12Cl2N2S/c1-2-15-9-4-3-7(12)5-8(9)14-10(13)6-11/h3-5H,2,6H2,1H3,(H2,13,14). The molecule has 0 aliphatic heterocycles. The maximum absolute atomic E-state index is 5.89. The third-order valence-electron chi connectivity index (χ3n) is 1.62. The van der Waals surface area contributed by atoms with Crippen LogP contribution in [0, 0.1) is 0 Å².